The third-order valence-corrected chi connectivity index (χ3v) is 5.61. The van der Waals surface area contributed by atoms with Crippen LogP contribution in [-0.2, 0) is 51.7 Å². The Kier molecular flexibility index (Phi) is 8.34. The summed E-state index contributed by atoms with van der Waals surface area (Å²) in [4.78, 5) is 23.2. The smallest absolute Gasteiger partial charge is 0.163 e. The molecule has 2 saturated heterocycles. The van der Waals surface area contributed by atoms with Gasteiger partial charge in [-0.3, -0.25) is 0 Å². The summed E-state index contributed by atoms with van der Waals surface area (Å²) in [6.07, 6.45) is -2.35. The maximum atomic E-state index is 6.11. The Hall–Kier alpha value is -1.88. The van der Waals surface area contributed by atoms with Crippen LogP contribution in [0.5, 0.6) is 0 Å². The molecule has 0 saturated carbocycles. The second-order valence-corrected chi connectivity index (χ2v) is 9.35. The first-order valence-electron chi connectivity index (χ1n) is 11.6. The Morgan fingerprint density at radius 2 is 1.06 bits per heavy atom. The standard InChI is InChI=1S/C26H34O8/c1-25(2)27-17-21(31-25)23(33-29-15-19-11-7-5-8-12-19)24(22-18-28-26(3,4)32-22)34-30-16-20-13-9-6-10-14-20/h5-14,21-24H,15-18H2,1-4H3/t21-,22-,23-,24-/m1/s1. The van der Waals surface area contributed by atoms with Crippen LogP contribution >= 0.6 is 0 Å². The van der Waals surface area contributed by atoms with Crippen molar-refractivity contribution in [2.75, 3.05) is 13.2 Å². The third kappa shape index (κ3) is 7.07. The summed E-state index contributed by atoms with van der Waals surface area (Å²) < 4.78 is 23.8. The van der Waals surface area contributed by atoms with Gasteiger partial charge >= 0.3 is 0 Å². The van der Waals surface area contributed by atoms with Crippen LogP contribution in [0.25, 0.3) is 0 Å². The first-order valence-corrected chi connectivity index (χ1v) is 11.6. The molecule has 8 nitrogen and oxygen atoms in total. The van der Waals surface area contributed by atoms with Gasteiger partial charge in [0.1, 0.15) is 25.4 Å². The molecular formula is C26H34O8. The van der Waals surface area contributed by atoms with E-state index in [1.807, 2.05) is 88.4 Å². The van der Waals surface area contributed by atoms with Crippen molar-refractivity contribution in [3.8, 4) is 0 Å². The van der Waals surface area contributed by atoms with Gasteiger partial charge in [0.25, 0.3) is 0 Å². The lowest BCUT2D eigenvalue weighted by molar-refractivity contribution is -0.418. The molecule has 0 radical (unpaired) electrons. The van der Waals surface area contributed by atoms with Crippen LogP contribution in [0.15, 0.2) is 60.7 Å². The van der Waals surface area contributed by atoms with Crippen molar-refractivity contribution >= 4 is 0 Å². The molecule has 2 fully saturated rings. The summed E-state index contributed by atoms with van der Waals surface area (Å²) in [7, 11) is 0. The average molecular weight is 475 g/mol. The molecule has 2 aromatic rings. The van der Waals surface area contributed by atoms with E-state index in [1.165, 1.54) is 0 Å². The Morgan fingerprint density at radius 3 is 1.38 bits per heavy atom. The van der Waals surface area contributed by atoms with Crippen LogP contribution in [0.1, 0.15) is 38.8 Å². The number of ether oxygens (including phenoxy) is 4. The van der Waals surface area contributed by atoms with Crippen molar-refractivity contribution in [1.82, 2.24) is 0 Å². The lowest BCUT2D eigenvalue weighted by Crippen LogP contribution is -2.50. The van der Waals surface area contributed by atoms with Crippen molar-refractivity contribution in [1.29, 1.82) is 0 Å². The minimum Gasteiger partial charge on any atom is -0.348 e. The molecule has 2 aliphatic heterocycles. The van der Waals surface area contributed by atoms with Gasteiger partial charge in [-0.1, -0.05) is 60.7 Å². The fraction of sp³-hybridized carbons (Fsp3) is 0.538. The van der Waals surface area contributed by atoms with Gasteiger partial charge in [-0.2, -0.15) is 0 Å². The monoisotopic (exact) mass is 474 g/mol. The third-order valence-electron chi connectivity index (χ3n) is 5.61. The molecule has 2 heterocycles. The van der Waals surface area contributed by atoms with Gasteiger partial charge in [-0.25, -0.2) is 19.6 Å². The zero-order valence-electron chi connectivity index (χ0n) is 20.2. The Labute approximate surface area is 200 Å². The fourth-order valence-electron chi connectivity index (χ4n) is 3.92. The number of hydrogen-bond donors (Lipinski definition) is 0. The lowest BCUT2D eigenvalue weighted by atomic mass is 10.0. The van der Waals surface area contributed by atoms with Crippen molar-refractivity contribution in [2.45, 2.75) is 76.9 Å². The quantitative estimate of drug-likeness (QED) is 0.352. The normalized spacial score (nSPS) is 25.3. The maximum absolute atomic E-state index is 6.11. The molecule has 8 heteroatoms. The molecule has 186 valence electrons. The van der Waals surface area contributed by atoms with E-state index in [4.69, 9.17) is 38.5 Å². The van der Waals surface area contributed by atoms with Crippen LogP contribution < -0.4 is 0 Å². The minimum atomic E-state index is -0.756. The van der Waals surface area contributed by atoms with E-state index < -0.39 is 36.0 Å². The van der Waals surface area contributed by atoms with E-state index in [9.17, 15) is 0 Å². The Bertz CT molecular complexity index is 799. The molecule has 0 unspecified atom stereocenters. The Balaban J connectivity index is 1.48. The van der Waals surface area contributed by atoms with Crippen molar-refractivity contribution in [2.24, 2.45) is 0 Å². The highest BCUT2D eigenvalue weighted by Gasteiger charge is 2.49. The zero-order valence-corrected chi connectivity index (χ0v) is 20.2. The van der Waals surface area contributed by atoms with Gasteiger partial charge in [-0.05, 0) is 38.8 Å². The summed E-state index contributed by atoms with van der Waals surface area (Å²) in [6.45, 7) is 8.57. The van der Waals surface area contributed by atoms with Gasteiger partial charge in [0.05, 0.1) is 13.2 Å². The van der Waals surface area contributed by atoms with Gasteiger partial charge < -0.3 is 18.9 Å². The molecule has 0 amide bonds. The molecule has 0 aliphatic carbocycles. The molecule has 0 bridgehead atoms. The van der Waals surface area contributed by atoms with Gasteiger partial charge in [0, 0.05) is 0 Å². The predicted octanol–water partition coefficient (Wildman–Crippen LogP) is 4.32. The molecule has 0 spiro atoms. The zero-order chi connectivity index (χ0) is 24.0. The van der Waals surface area contributed by atoms with E-state index in [1.54, 1.807) is 0 Å². The molecule has 4 atom stereocenters. The average Bonchev–Trinajstić information content (AvgIpc) is 3.37. The molecule has 2 aliphatic rings. The maximum Gasteiger partial charge on any atom is 0.163 e. The fourth-order valence-corrected chi connectivity index (χ4v) is 3.92. The van der Waals surface area contributed by atoms with Gasteiger partial charge in [-0.15, -0.1) is 0 Å². The summed E-state index contributed by atoms with van der Waals surface area (Å²) in [5.74, 6) is -1.51. The number of hydrogen-bond acceptors (Lipinski definition) is 8. The van der Waals surface area contributed by atoms with E-state index in [0.717, 1.165) is 11.1 Å². The summed E-state index contributed by atoms with van der Waals surface area (Å²) >= 11 is 0. The second-order valence-electron chi connectivity index (χ2n) is 9.35. The van der Waals surface area contributed by atoms with Gasteiger partial charge in [0.15, 0.2) is 23.8 Å². The second kappa shape index (κ2) is 11.2. The first kappa shape index (κ1) is 25.2. The van der Waals surface area contributed by atoms with E-state index >= 15 is 0 Å². The molecular weight excluding hydrogens is 440 g/mol. The van der Waals surface area contributed by atoms with Crippen LogP contribution in [-0.4, -0.2) is 49.2 Å². The van der Waals surface area contributed by atoms with Crippen LogP contribution in [0.2, 0.25) is 0 Å². The molecule has 4 rings (SSSR count). The topological polar surface area (TPSA) is 73.8 Å². The number of benzene rings is 2. The first-order chi connectivity index (χ1) is 16.3. The molecule has 0 aromatic heterocycles. The van der Waals surface area contributed by atoms with Crippen LogP contribution in [0, 0.1) is 0 Å². The van der Waals surface area contributed by atoms with Crippen molar-refractivity contribution in [3.05, 3.63) is 71.8 Å². The Morgan fingerprint density at radius 1 is 0.676 bits per heavy atom. The number of rotatable bonds is 11. The van der Waals surface area contributed by atoms with E-state index in [-0.39, 0.29) is 13.2 Å². The molecule has 0 N–H and O–H groups in total. The summed E-state index contributed by atoms with van der Waals surface area (Å²) in [5, 5.41) is 0. The van der Waals surface area contributed by atoms with E-state index in [0.29, 0.717) is 13.2 Å². The SMILES string of the molecule is CC1(C)OC[C@H]([C@@H](OOCc2ccccc2)[C@H](OOCc2ccccc2)[C@H]2COC(C)(C)O2)O1. The van der Waals surface area contributed by atoms with Crippen LogP contribution in [0.3, 0.4) is 0 Å². The highest BCUT2D eigenvalue weighted by Crippen LogP contribution is 2.33. The summed E-state index contributed by atoms with van der Waals surface area (Å²) in [6, 6.07) is 19.5. The van der Waals surface area contributed by atoms with Gasteiger partial charge in [0.2, 0.25) is 0 Å². The lowest BCUT2D eigenvalue weighted by Gasteiger charge is -2.32. The molecule has 34 heavy (non-hydrogen) atoms. The molecule has 2 aromatic carbocycles. The van der Waals surface area contributed by atoms with Crippen LogP contribution in [0.4, 0.5) is 0 Å². The minimum absolute atomic E-state index is 0.263. The largest absolute Gasteiger partial charge is 0.348 e. The predicted molar refractivity (Wildman–Crippen MR) is 122 cm³/mol. The van der Waals surface area contributed by atoms with E-state index in [2.05, 4.69) is 0 Å². The van der Waals surface area contributed by atoms with Crippen molar-refractivity contribution in [3.63, 3.8) is 0 Å². The summed E-state index contributed by atoms with van der Waals surface area (Å²) in [5.41, 5.74) is 1.95. The highest BCUT2D eigenvalue weighted by molar-refractivity contribution is 5.14. The van der Waals surface area contributed by atoms with Crippen molar-refractivity contribution < 1.29 is 38.5 Å². The highest BCUT2D eigenvalue weighted by atomic mass is 17.2.